The first-order valence-corrected chi connectivity index (χ1v) is 10.5. The van der Waals surface area contributed by atoms with E-state index in [4.69, 9.17) is 0 Å². The highest BCUT2D eigenvalue weighted by Crippen LogP contribution is 2.57. The summed E-state index contributed by atoms with van der Waals surface area (Å²) in [6.07, 6.45) is 3.83. The van der Waals surface area contributed by atoms with Gasteiger partial charge in [0.15, 0.2) is 5.69 Å². The van der Waals surface area contributed by atoms with Crippen molar-refractivity contribution < 1.29 is 4.79 Å². The van der Waals surface area contributed by atoms with Crippen molar-refractivity contribution in [1.82, 2.24) is 25.4 Å². The number of carbonyl (C=O) groups is 1. The Morgan fingerprint density at radius 2 is 2.33 bits per heavy atom. The van der Waals surface area contributed by atoms with Crippen LogP contribution < -0.4 is 5.32 Å². The van der Waals surface area contributed by atoms with Crippen molar-refractivity contribution in [1.29, 1.82) is 0 Å². The lowest BCUT2D eigenvalue weighted by Crippen LogP contribution is -2.64. The van der Waals surface area contributed by atoms with E-state index in [1.807, 2.05) is 30.5 Å². The van der Waals surface area contributed by atoms with Gasteiger partial charge < -0.3 is 5.32 Å². The van der Waals surface area contributed by atoms with Crippen LogP contribution in [-0.4, -0.2) is 50.7 Å². The van der Waals surface area contributed by atoms with Gasteiger partial charge in [-0.1, -0.05) is 0 Å². The molecule has 0 radical (unpaired) electrons. The molecular formula is C20H21N5OS. The molecule has 4 heterocycles. The number of nitrogens with one attached hydrogen (secondary N) is 2. The molecule has 3 unspecified atom stereocenters. The van der Waals surface area contributed by atoms with E-state index >= 15 is 0 Å². The zero-order chi connectivity index (χ0) is 18.2. The molecule has 3 aromatic rings. The number of thiazole rings is 1. The zero-order valence-corrected chi connectivity index (χ0v) is 16.0. The van der Waals surface area contributed by atoms with Crippen LogP contribution in [0.4, 0.5) is 0 Å². The summed E-state index contributed by atoms with van der Waals surface area (Å²) in [6, 6.07) is 6.29. The Kier molecular flexibility index (Phi) is 3.15. The highest BCUT2D eigenvalue weighted by Gasteiger charge is 2.63. The molecule has 2 N–H and O–H groups in total. The van der Waals surface area contributed by atoms with Crippen molar-refractivity contribution in [3.05, 3.63) is 35.0 Å². The fourth-order valence-electron chi connectivity index (χ4n) is 5.31. The topological polar surface area (TPSA) is 73.9 Å². The predicted molar refractivity (Wildman–Crippen MR) is 105 cm³/mol. The van der Waals surface area contributed by atoms with Gasteiger partial charge in [0.05, 0.1) is 5.52 Å². The van der Waals surface area contributed by atoms with E-state index in [1.54, 1.807) is 11.3 Å². The van der Waals surface area contributed by atoms with E-state index in [-0.39, 0.29) is 11.9 Å². The number of fused-ring (bicyclic) bond motifs is 1. The Morgan fingerprint density at radius 1 is 1.41 bits per heavy atom. The largest absolute Gasteiger partial charge is 0.346 e. The fourth-order valence-corrected chi connectivity index (χ4v) is 6.10. The van der Waals surface area contributed by atoms with Gasteiger partial charge in [-0.05, 0) is 50.3 Å². The van der Waals surface area contributed by atoms with Gasteiger partial charge in [0.2, 0.25) is 0 Å². The SMILES string of the molecule is Cc1csc(-c2ccc3[nH]nc(C(=O)NC4CN5CCC56CCC46)c3c2)n1. The molecule has 3 fully saturated rings. The maximum atomic E-state index is 13.0. The second-order valence-electron chi connectivity index (χ2n) is 8.15. The van der Waals surface area contributed by atoms with Crippen LogP contribution in [0.25, 0.3) is 21.5 Å². The standard InChI is InChI=1S/C20H21N5OS/c1-11-10-27-19(21-11)12-2-3-15-13(8-12)17(24-23-15)18(26)22-16-9-25-7-6-20(25)5-4-14(16)20/h2-3,8,10,14,16H,4-7,9H2,1H3,(H,22,26)(H,23,24). The Bertz CT molecular complexity index is 1070. The third-order valence-electron chi connectivity index (χ3n) is 6.89. The van der Waals surface area contributed by atoms with Gasteiger partial charge in [-0.15, -0.1) is 11.3 Å². The second kappa shape index (κ2) is 5.39. The molecule has 2 saturated heterocycles. The van der Waals surface area contributed by atoms with Crippen molar-refractivity contribution in [3.8, 4) is 10.6 Å². The van der Waals surface area contributed by atoms with Gasteiger partial charge in [-0.2, -0.15) is 5.10 Å². The third-order valence-corrected chi connectivity index (χ3v) is 7.90. The Labute approximate surface area is 161 Å². The van der Waals surface area contributed by atoms with Crippen molar-refractivity contribution >= 4 is 28.1 Å². The molecule has 7 heteroatoms. The van der Waals surface area contributed by atoms with Crippen molar-refractivity contribution in [2.45, 2.75) is 37.8 Å². The minimum Gasteiger partial charge on any atom is -0.346 e. The predicted octanol–water partition coefficient (Wildman–Crippen LogP) is 2.96. The van der Waals surface area contributed by atoms with E-state index in [2.05, 4.69) is 25.4 Å². The Hall–Kier alpha value is -2.25. The van der Waals surface area contributed by atoms with E-state index in [0.29, 0.717) is 17.2 Å². The summed E-state index contributed by atoms with van der Waals surface area (Å²) in [5, 5.41) is 14.5. The minimum atomic E-state index is -0.0664. The first-order chi connectivity index (χ1) is 13.1. The highest BCUT2D eigenvalue weighted by molar-refractivity contribution is 7.13. The van der Waals surface area contributed by atoms with Gasteiger partial charge in [-0.25, -0.2) is 4.98 Å². The van der Waals surface area contributed by atoms with E-state index < -0.39 is 0 Å². The van der Waals surface area contributed by atoms with E-state index in [1.165, 1.54) is 25.8 Å². The Balaban J connectivity index is 1.30. The molecule has 1 spiro atoms. The maximum absolute atomic E-state index is 13.0. The monoisotopic (exact) mass is 379 g/mol. The highest BCUT2D eigenvalue weighted by atomic mass is 32.1. The van der Waals surface area contributed by atoms with Crippen molar-refractivity contribution in [3.63, 3.8) is 0 Å². The second-order valence-corrected chi connectivity index (χ2v) is 9.01. The number of aromatic nitrogens is 3. The Morgan fingerprint density at radius 3 is 3.00 bits per heavy atom. The smallest absolute Gasteiger partial charge is 0.272 e. The molecule has 0 bridgehead atoms. The lowest BCUT2D eigenvalue weighted by molar-refractivity contribution is -0.0676. The molecule has 2 aliphatic heterocycles. The molecule has 3 aliphatic rings. The summed E-state index contributed by atoms with van der Waals surface area (Å²) >= 11 is 1.62. The third kappa shape index (κ3) is 2.12. The van der Waals surface area contributed by atoms with Gasteiger partial charge in [0.1, 0.15) is 5.01 Å². The summed E-state index contributed by atoms with van der Waals surface area (Å²) in [6.45, 7) is 4.17. The molecule has 27 heavy (non-hydrogen) atoms. The van der Waals surface area contributed by atoms with Crippen LogP contribution >= 0.6 is 11.3 Å². The zero-order valence-electron chi connectivity index (χ0n) is 15.2. The van der Waals surface area contributed by atoms with Crippen LogP contribution in [0.3, 0.4) is 0 Å². The number of hydrogen-bond donors (Lipinski definition) is 2. The van der Waals surface area contributed by atoms with E-state index in [9.17, 15) is 4.79 Å². The van der Waals surface area contributed by atoms with Crippen LogP contribution in [0.2, 0.25) is 0 Å². The lowest BCUT2D eigenvalue weighted by Gasteiger charge is -2.58. The van der Waals surface area contributed by atoms with Gasteiger partial charge in [0, 0.05) is 46.7 Å². The van der Waals surface area contributed by atoms with Crippen LogP contribution in [-0.2, 0) is 0 Å². The molecule has 1 amide bonds. The number of nitrogens with zero attached hydrogens (tertiary/aromatic N) is 3. The summed E-state index contributed by atoms with van der Waals surface area (Å²) in [5.74, 6) is 0.553. The van der Waals surface area contributed by atoms with Gasteiger partial charge in [0.25, 0.3) is 5.91 Å². The molecule has 1 saturated carbocycles. The number of rotatable bonds is 3. The number of aromatic amines is 1. The molecule has 2 aromatic heterocycles. The molecule has 6 rings (SSSR count). The number of amides is 1. The number of hydrogen-bond acceptors (Lipinski definition) is 5. The van der Waals surface area contributed by atoms with Crippen LogP contribution in [0, 0.1) is 12.8 Å². The average molecular weight is 379 g/mol. The van der Waals surface area contributed by atoms with Gasteiger partial charge in [-0.3, -0.25) is 14.8 Å². The van der Waals surface area contributed by atoms with Crippen molar-refractivity contribution in [2.24, 2.45) is 5.92 Å². The maximum Gasteiger partial charge on any atom is 0.272 e. The fraction of sp³-hybridized carbons (Fsp3) is 0.450. The number of carbonyl (C=O) groups excluding carboxylic acids is 1. The molecule has 138 valence electrons. The van der Waals surface area contributed by atoms with Crippen LogP contribution in [0.15, 0.2) is 23.6 Å². The van der Waals surface area contributed by atoms with Gasteiger partial charge >= 0.3 is 0 Å². The summed E-state index contributed by atoms with van der Waals surface area (Å²) in [5.41, 5.74) is 3.83. The van der Waals surface area contributed by atoms with Crippen LogP contribution in [0.1, 0.15) is 35.4 Å². The summed E-state index contributed by atoms with van der Waals surface area (Å²) in [7, 11) is 0. The van der Waals surface area contributed by atoms with Crippen LogP contribution in [0.5, 0.6) is 0 Å². The quantitative estimate of drug-likeness (QED) is 0.734. The lowest BCUT2D eigenvalue weighted by atomic mass is 9.61. The van der Waals surface area contributed by atoms with E-state index in [0.717, 1.165) is 33.7 Å². The first-order valence-electron chi connectivity index (χ1n) is 9.61. The molecular weight excluding hydrogens is 358 g/mol. The minimum absolute atomic E-state index is 0.0664. The molecule has 6 nitrogen and oxygen atoms in total. The number of aryl methyl sites for hydroxylation is 1. The normalized spacial score (nSPS) is 29.1. The summed E-state index contributed by atoms with van der Waals surface area (Å²) < 4.78 is 0. The molecule has 1 aromatic carbocycles. The summed E-state index contributed by atoms with van der Waals surface area (Å²) in [4.78, 5) is 20.1. The number of H-pyrrole nitrogens is 1. The first kappa shape index (κ1) is 15.8. The van der Waals surface area contributed by atoms with Crippen molar-refractivity contribution in [2.75, 3.05) is 13.1 Å². The molecule has 3 atom stereocenters. The number of benzene rings is 1. The average Bonchev–Trinajstić information content (AvgIpc) is 3.25. The molecule has 1 aliphatic carbocycles.